The molecule has 1 aromatic rings. The van der Waals surface area contributed by atoms with Crippen molar-refractivity contribution in [1.29, 1.82) is 0 Å². The minimum absolute atomic E-state index is 0.241. The van der Waals surface area contributed by atoms with Gasteiger partial charge in [-0.05, 0) is 19.4 Å². The molecular weight excluding hydrogens is 242 g/mol. The van der Waals surface area contributed by atoms with Gasteiger partial charge >= 0.3 is 0 Å². The fraction of sp³-hybridized carbons (Fsp3) is 0.467. The summed E-state index contributed by atoms with van der Waals surface area (Å²) in [6, 6.07) is 6.57. The van der Waals surface area contributed by atoms with E-state index in [0.717, 1.165) is 12.7 Å². The third-order valence-electron chi connectivity index (χ3n) is 2.42. The second-order valence-electron chi connectivity index (χ2n) is 4.26. The first-order valence-corrected chi connectivity index (χ1v) is 5.93. The Morgan fingerprint density at radius 2 is 2.21 bits per heavy atom. The molecule has 0 radical (unpaired) electrons. The number of ketones is 1. The molecular formula is C15H21NO3. The fourth-order valence-electron chi connectivity index (χ4n) is 1.56. The van der Waals surface area contributed by atoms with Crippen molar-refractivity contribution in [1.82, 2.24) is 5.32 Å². The van der Waals surface area contributed by atoms with Gasteiger partial charge in [0.25, 0.3) is 0 Å². The molecule has 1 aromatic carbocycles. The van der Waals surface area contributed by atoms with Crippen molar-refractivity contribution in [2.24, 2.45) is 5.92 Å². The second kappa shape index (κ2) is 7.69. The van der Waals surface area contributed by atoms with Gasteiger partial charge < -0.3 is 14.8 Å². The Bertz CT molecular complexity index is 590. The highest BCUT2D eigenvalue weighted by molar-refractivity contribution is 5.85. The van der Waals surface area contributed by atoms with Crippen molar-refractivity contribution in [2.45, 2.75) is 26.8 Å². The molecule has 0 aromatic heterocycles. The summed E-state index contributed by atoms with van der Waals surface area (Å²) in [4.78, 5) is 23.6. The average molecular weight is 267 g/mol. The van der Waals surface area contributed by atoms with Crippen molar-refractivity contribution >= 4 is 11.7 Å². The second-order valence-corrected chi connectivity index (χ2v) is 4.26. The Hall–Kier alpha value is -1.68. The molecule has 0 saturated heterocycles. The van der Waals surface area contributed by atoms with Crippen LogP contribution >= 0.6 is 0 Å². The van der Waals surface area contributed by atoms with E-state index in [1.807, 2.05) is 0 Å². The fourth-order valence-corrected chi connectivity index (χ4v) is 1.56. The lowest BCUT2D eigenvalue weighted by molar-refractivity contribution is -0.130. The van der Waals surface area contributed by atoms with Crippen molar-refractivity contribution in [3.05, 3.63) is 35.4 Å². The number of Topliss-reactive ketones (excluding diaryl/α,β-unsaturated/α-hetero) is 1. The number of hydrogen-bond donors (Lipinski definition) is 1. The van der Waals surface area contributed by atoms with E-state index in [4.69, 9.17) is 5.48 Å². The average Bonchev–Trinajstić information content (AvgIpc) is 2.44. The Morgan fingerprint density at radius 1 is 1.47 bits per heavy atom. The molecule has 0 heterocycles. The number of ether oxygens (including phenoxy) is 1. The number of carbonyl (C=O) groups excluding carboxylic acids is 2. The van der Waals surface area contributed by atoms with Gasteiger partial charge in [0.15, 0.2) is 0 Å². The highest BCUT2D eigenvalue weighted by Gasteiger charge is 2.19. The molecule has 4 nitrogen and oxygen atoms in total. The van der Waals surface area contributed by atoms with E-state index in [9.17, 15) is 9.59 Å². The van der Waals surface area contributed by atoms with Crippen LogP contribution in [0.25, 0.3) is 0 Å². The summed E-state index contributed by atoms with van der Waals surface area (Å²) in [5.41, 5.74) is 1.07. The van der Waals surface area contributed by atoms with Crippen LogP contribution in [-0.4, -0.2) is 25.4 Å². The monoisotopic (exact) mass is 267 g/mol. The normalized spacial score (nSPS) is 16.6. The van der Waals surface area contributed by atoms with E-state index in [2.05, 4.69) is 10.1 Å². The molecule has 0 aliphatic rings. The Labute approximate surface area is 119 Å². The van der Waals surface area contributed by atoms with E-state index < -0.39 is 24.9 Å². The molecule has 1 unspecified atom stereocenters. The molecule has 104 valence electrons. The summed E-state index contributed by atoms with van der Waals surface area (Å²) in [5, 5.41) is 2.17. The SMILES string of the molecule is [2H]C([2H])(NC(=O)C(CC(C)=O)C([2H])([2H])OC)c1cccc(C)c1. The first-order valence-electron chi connectivity index (χ1n) is 7.93. The van der Waals surface area contributed by atoms with Gasteiger partial charge in [0.2, 0.25) is 5.91 Å². The Balaban J connectivity index is 3.03. The molecule has 0 spiro atoms. The van der Waals surface area contributed by atoms with Crippen LogP contribution in [0.5, 0.6) is 0 Å². The van der Waals surface area contributed by atoms with E-state index in [0.29, 0.717) is 0 Å². The predicted octanol–water partition coefficient (Wildman–Crippen LogP) is 1.85. The van der Waals surface area contributed by atoms with Crippen molar-refractivity contribution in [2.75, 3.05) is 13.7 Å². The quantitative estimate of drug-likeness (QED) is 0.820. The summed E-state index contributed by atoms with van der Waals surface area (Å²) >= 11 is 0. The zero-order valence-electron chi connectivity index (χ0n) is 15.3. The van der Waals surface area contributed by atoms with Crippen LogP contribution in [0.2, 0.25) is 0 Å². The van der Waals surface area contributed by atoms with Gasteiger partial charge in [0, 0.05) is 20.0 Å². The van der Waals surface area contributed by atoms with Gasteiger partial charge in [0.1, 0.15) is 5.78 Å². The number of nitrogens with one attached hydrogen (secondary N) is 1. The van der Waals surface area contributed by atoms with E-state index in [-0.39, 0.29) is 17.8 Å². The number of methoxy groups -OCH3 is 1. The summed E-state index contributed by atoms with van der Waals surface area (Å²) in [5.74, 6) is -2.74. The Morgan fingerprint density at radius 3 is 2.79 bits per heavy atom. The maximum Gasteiger partial charge on any atom is 0.226 e. The van der Waals surface area contributed by atoms with Crippen LogP contribution < -0.4 is 5.32 Å². The molecule has 0 aliphatic carbocycles. The van der Waals surface area contributed by atoms with Crippen molar-refractivity contribution in [3.63, 3.8) is 0 Å². The van der Waals surface area contributed by atoms with E-state index in [1.165, 1.54) is 13.0 Å². The summed E-state index contributed by atoms with van der Waals surface area (Å²) < 4.78 is 36.1. The number of rotatable bonds is 7. The molecule has 0 fully saturated rings. The molecule has 1 rings (SSSR count). The van der Waals surface area contributed by atoms with Gasteiger partial charge in [0.05, 0.1) is 18.0 Å². The largest absolute Gasteiger partial charge is 0.384 e. The summed E-state index contributed by atoms with van der Waals surface area (Å²) in [6.07, 6.45) is -0.378. The van der Waals surface area contributed by atoms with Crippen LogP contribution in [0.3, 0.4) is 0 Å². The van der Waals surface area contributed by atoms with Crippen LogP contribution in [0.15, 0.2) is 24.3 Å². The van der Waals surface area contributed by atoms with Crippen LogP contribution in [-0.2, 0) is 20.8 Å². The molecule has 0 saturated carbocycles. The van der Waals surface area contributed by atoms with Gasteiger partial charge in [-0.1, -0.05) is 29.8 Å². The van der Waals surface area contributed by atoms with E-state index >= 15 is 0 Å². The highest BCUT2D eigenvalue weighted by atomic mass is 16.5. The van der Waals surface area contributed by atoms with Gasteiger partial charge in [-0.3, -0.25) is 4.79 Å². The first kappa shape index (κ1) is 10.1. The first-order chi connectivity index (χ1) is 10.5. The lowest BCUT2D eigenvalue weighted by atomic mass is 10.0. The standard InChI is InChI=1S/C15H21NO3/c1-11-5-4-6-13(7-11)9-16-15(18)14(10-19-3)8-12(2)17/h4-7,14H,8-10H2,1-3H3,(H,16,18)/i9D2,10D2. The molecule has 19 heavy (non-hydrogen) atoms. The lowest BCUT2D eigenvalue weighted by Crippen LogP contribution is -2.33. The predicted molar refractivity (Wildman–Crippen MR) is 73.7 cm³/mol. The summed E-state index contributed by atoms with van der Waals surface area (Å²) in [7, 11) is 1.09. The van der Waals surface area contributed by atoms with Crippen LogP contribution in [0, 0.1) is 12.8 Å². The van der Waals surface area contributed by atoms with Gasteiger partial charge in [-0.2, -0.15) is 0 Å². The van der Waals surface area contributed by atoms with Crippen molar-refractivity contribution < 1.29 is 19.8 Å². The number of hydrogen-bond acceptors (Lipinski definition) is 3. The number of carbonyl (C=O) groups is 2. The molecule has 1 atom stereocenters. The highest BCUT2D eigenvalue weighted by Crippen LogP contribution is 2.07. The van der Waals surface area contributed by atoms with Gasteiger partial charge in [-0.15, -0.1) is 0 Å². The number of amides is 1. The third-order valence-corrected chi connectivity index (χ3v) is 2.42. The van der Waals surface area contributed by atoms with E-state index in [1.54, 1.807) is 25.1 Å². The number of aryl methyl sites for hydroxylation is 1. The van der Waals surface area contributed by atoms with Crippen molar-refractivity contribution in [3.8, 4) is 0 Å². The zero-order chi connectivity index (χ0) is 17.8. The minimum atomic E-state index is -2.38. The molecule has 0 bridgehead atoms. The summed E-state index contributed by atoms with van der Waals surface area (Å²) in [6.45, 7) is -1.54. The molecule has 4 heteroatoms. The topological polar surface area (TPSA) is 55.4 Å². The van der Waals surface area contributed by atoms with Gasteiger partial charge in [-0.25, -0.2) is 0 Å². The smallest absolute Gasteiger partial charge is 0.226 e. The Kier molecular flexibility index (Phi) is 4.11. The van der Waals surface area contributed by atoms with Crippen LogP contribution in [0.1, 0.15) is 30.0 Å². The maximum absolute atomic E-state index is 12.3. The molecule has 1 N–H and O–H groups in total. The molecule has 1 amide bonds. The zero-order valence-corrected chi connectivity index (χ0v) is 11.3. The maximum atomic E-state index is 12.3. The third kappa shape index (κ3) is 5.66. The van der Waals surface area contributed by atoms with Crippen LogP contribution in [0.4, 0.5) is 0 Å². The molecule has 0 aliphatic heterocycles. The lowest BCUT2D eigenvalue weighted by Gasteiger charge is -2.14. The minimum Gasteiger partial charge on any atom is -0.384 e. The number of benzene rings is 1.